The molecule has 0 unspecified atom stereocenters. The number of nitrogens with one attached hydrogen (secondary N) is 2. The van der Waals surface area contributed by atoms with Gasteiger partial charge in [-0.2, -0.15) is 0 Å². The molecule has 2 N–H and O–H groups in total. The molecule has 2 aromatic rings. The molecule has 1 aromatic heterocycles. The Bertz CT molecular complexity index is 1120. The third-order valence-electron chi connectivity index (χ3n) is 6.84. The van der Waals surface area contributed by atoms with Crippen LogP contribution in [0.1, 0.15) is 57.0 Å². The summed E-state index contributed by atoms with van der Waals surface area (Å²) in [4.78, 5) is 40.4. The van der Waals surface area contributed by atoms with Crippen molar-refractivity contribution in [2.45, 2.75) is 70.1 Å². The van der Waals surface area contributed by atoms with Gasteiger partial charge in [0.2, 0.25) is 5.91 Å². The first-order valence-corrected chi connectivity index (χ1v) is 12.4. The normalized spacial score (nSPS) is 24.6. The highest BCUT2D eigenvalue weighted by Gasteiger charge is 2.45. The van der Waals surface area contributed by atoms with Gasteiger partial charge in [-0.15, -0.1) is 0 Å². The van der Waals surface area contributed by atoms with Crippen molar-refractivity contribution in [3.05, 3.63) is 48.0 Å². The molecule has 1 saturated carbocycles. The average molecular weight is 500 g/mol. The molecule has 2 heterocycles. The highest BCUT2D eigenvalue weighted by atomic mass is 19.1. The van der Waals surface area contributed by atoms with E-state index in [1.807, 2.05) is 0 Å². The van der Waals surface area contributed by atoms with Crippen molar-refractivity contribution in [2.75, 3.05) is 13.7 Å². The second kappa shape index (κ2) is 10.4. The van der Waals surface area contributed by atoms with Crippen LogP contribution in [0.15, 0.2) is 40.8 Å². The molecule has 2 amide bonds. The Balaban J connectivity index is 1.41. The van der Waals surface area contributed by atoms with Gasteiger partial charge in [0, 0.05) is 29.7 Å². The van der Waals surface area contributed by atoms with Gasteiger partial charge in [-0.3, -0.25) is 14.4 Å². The van der Waals surface area contributed by atoms with Gasteiger partial charge in [-0.25, -0.2) is 4.39 Å². The molecule has 0 spiro atoms. The quantitative estimate of drug-likeness (QED) is 0.590. The minimum absolute atomic E-state index is 0.0433. The standard InChI is InChI=1S/C27H34FN3O5/c1-27(2,3)30-18-8-9-21(19(15-18)26(34)35-4)31-13-12-20(25(31)33)29-24(32)23-11-10-22(36-23)16-6-5-7-17(28)14-16/h5-7,10-11,14,18-21,30H,8-9,12-13,15H2,1-4H3,(H,29,32)/t18-,19-,20+,21+/m1/s1. The summed E-state index contributed by atoms with van der Waals surface area (Å²) in [5.41, 5.74) is 0.430. The number of methoxy groups -OCH3 is 1. The van der Waals surface area contributed by atoms with Crippen molar-refractivity contribution in [3.8, 4) is 11.3 Å². The predicted molar refractivity (Wildman–Crippen MR) is 132 cm³/mol. The number of esters is 1. The van der Waals surface area contributed by atoms with E-state index in [1.54, 1.807) is 23.1 Å². The summed E-state index contributed by atoms with van der Waals surface area (Å²) in [6.07, 6.45) is 2.54. The zero-order valence-corrected chi connectivity index (χ0v) is 21.2. The molecule has 9 heteroatoms. The molecular formula is C27H34FN3O5. The van der Waals surface area contributed by atoms with Crippen molar-refractivity contribution in [3.63, 3.8) is 0 Å². The van der Waals surface area contributed by atoms with Crippen LogP contribution < -0.4 is 10.6 Å². The number of likely N-dealkylation sites (tertiary alicyclic amines) is 1. The van der Waals surface area contributed by atoms with Crippen LogP contribution in [0.25, 0.3) is 11.3 Å². The summed E-state index contributed by atoms with van der Waals surface area (Å²) in [6, 6.07) is 8.18. The van der Waals surface area contributed by atoms with Crippen molar-refractivity contribution in [1.82, 2.24) is 15.5 Å². The molecule has 1 aliphatic carbocycles. The molecule has 0 radical (unpaired) electrons. The van der Waals surface area contributed by atoms with Crippen LogP contribution in [0.4, 0.5) is 4.39 Å². The minimum Gasteiger partial charge on any atom is -0.469 e. The van der Waals surface area contributed by atoms with Crippen molar-refractivity contribution < 1.29 is 27.9 Å². The largest absolute Gasteiger partial charge is 0.469 e. The van der Waals surface area contributed by atoms with E-state index in [2.05, 4.69) is 31.4 Å². The number of rotatable bonds is 6. The summed E-state index contributed by atoms with van der Waals surface area (Å²) < 4.78 is 24.2. The zero-order valence-electron chi connectivity index (χ0n) is 21.2. The Morgan fingerprint density at radius 2 is 1.92 bits per heavy atom. The minimum atomic E-state index is -0.705. The summed E-state index contributed by atoms with van der Waals surface area (Å²) >= 11 is 0. The lowest BCUT2D eigenvalue weighted by Crippen LogP contribution is -2.55. The number of nitrogens with zero attached hydrogens (tertiary/aromatic N) is 1. The number of amides is 2. The number of carbonyl (C=O) groups excluding carboxylic acids is 3. The smallest absolute Gasteiger partial charge is 0.310 e. The van der Waals surface area contributed by atoms with E-state index in [4.69, 9.17) is 9.15 Å². The van der Waals surface area contributed by atoms with E-state index in [0.717, 1.165) is 6.42 Å². The molecule has 8 nitrogen and oxygen atoms in total. The fraction of sp³-hybridized carbons (Fsp3) is 0.519. The number of ether oxygens (including phenoxy) is 1. The number of benzene rings is 1. The maximum atomic E-state index is 13.5. The van der Waals surface area contributed by atoms with Crippen molar-refractivity contribution in [1.29, 1.82) is 0 Å². The number of carbonyl (C=O) groups is 3. The number of hydrogen-bond acceptors (Lipinski definition) is 6. The van der Waals surface area contributed by atoms with Gasteiger partial charge in [0.1, 0.15) is 17.6 Å². The molecule has 36 heavy (non-hydrogen) atoms. The first-order chi connectivity index (χ1) is 17.1. The van der Waals surface area contributed by atoms with E-state index >= 15 is 0 Å². The van der Waals surface area contributed by atoms with Crippen LogP contribution >= 0.6 is 0 Å². The first-order valence-electron chi connectivity index (χ1n) is 12.4. The van der Waals surface area contributed by atoms with Gasteiger partial charge in [-0.05, 0) is 70.7 Å². The van der Waals surface area contributed by atoms with Crippen LogP contribution in [-0.2, 0) is 14.3 Å². The van der Waals surface area contributed by atoms with Gasteiger partial charge in [-0.1, -0.05) is 12.1 Å². The van der Waals surface area contributed by atoms with Gasteiger partial charge in [0.15, 0.2) is 5.76 Å². The Labute approximate surface area is 210 Å². The van der Waals surface area contributed by atoms with E-state index in [9.17, 15) is 18.8 Å². The number of halogens is 1. The third-order valence-corrected chi connectivity index (χ3v) is 6.84. The maximum Gasteiger partial charge on any atom is 0.310 e. The Morgan fingerprint density at radius 1 is 1.14 bits per heavy atom. The van der Waals surface area contributed by atoms with Gasteiger partial charge in [0.25, 0.3) is 5.91 Å². The molecular weight excluding hydrogens is 465 g/mol. The molecule has 0 bridgehead atoms. The van der Waals surface area contributed by atoms with Gasteiger partial charge < -0.3 is 24.7 Å². The summed E-state index contributed by atoms with van der Waals surface area (Å²) in [5, 5.41) is 6.32. The fourth-order valence-corrected chi connectivity index (χ4v) is 5.33. The summed E-state index contributed by atoms with van der Waals surface area (Å²) in [7, 11) is 1.37. The zero-order chi connectivity index (χ0) is 26.0. The van der Waals surface area contributed by atoms with E-state index in [0.29, 0.717) is 37.1 Å². The molecule has 1 saturated heterocycles. The topological polar surface area (TPSA) is 101 Å². The summed E-state index contributed by atoms with van der Waals surface area (Å²) in [5.74, 6) is -1.47. The average Bonchev–Trinajstić information content (AvgIpc) is 3.45. The lowest BCUT2D eigenvalue weighted by molar-refractivity contribution is -0.151. The maximum absolute atomic E-state index is 13.5. The second-order valence-electron chi connectivity index (χ2n) is 10.6. The third kappa shape index (κ3) is 5.78. The molecule has 194 valence electrons. The van der Waals surface area contributed by atoms with Crippen molar-refractivity contribution in [2.24, 2.45) is 5.92 Å². The second-order valence-corrected chi connectivity index (χ2v) is 10.6. The molecule has 1 aromatic carbocycles. The monoisotopic (exact) mass is 499 g/mol. The molecule has 2 fully saturated rings. The van der Waals surface area contributed by atoms with Gasteiger partial charge >= 0.3 is 5.97 Å². The lowest BCUT2D eigenvalue weighted by atomic mass is 9.80. The van der Waals surface area contributed by atoms with Crippen LogP contribution in [0.2, 0.25) is 0 Å². The highest BCUT2D eigenvalue weighted by Crippen LogP contribution is 2.33. The molecule has 2 aliphatic rings. The number of furan rings is 1. The van der Waals surface area contributed by atoms with Crippen LogP contribution in [0, 0.1) is 11.7 Å². The van der Waals surface area contributed by atoms with E-state index < -0.39 is 23.7 Å². The van der Waals surface area contributed by atoms with Crippen LogP contribution in [-0.4, -0.2) is 60.0 Å². The molecule has 4 atom stereocenters. The lowest BCUT2D eigenvalue weighted by Gasteiger charge is -2.41. The molecule has 1 aliphatic heterocycles. The van der Waals surface area contributed by atoms with Gasteiger partial charge in [0.05, 0.1) is 13.0 Å². The van der Waals surface area contributed by atoms with Crippen molar-refractivity contribution >= 4 is 17.8 Å². The Morgan fingerprint density at radius 3 is 2.61 bits per heavy atom. The first kappa shape index (κ1) is 25.9. The van der Waals surface area contributed by atoms with Crippen LogP contribution in [0.5, 0.6) is 0 Å². The number of hydrogen-bond donors (Lipinski definition) is 2. The Kier molecular flexibility index (Phi) is 7.49. The highest BCUT2D eigenvalue weighted by molar-refractivity contribution is 5.96. The van der Waals surface area contributed by atoms with Crippen LogP contribution in [0.3, 0.4) is 0 Å². The SMILES string of the molecule is COC(=O)[C@@H]1C[C@H](NC(C)(C)C)CC[C@@H]1N1CC[C@H](NC(=O)c2ccc(-c3cccc(F)c3)o2)C1=O. The summed E-state index contributed by atoms with van der Waals surface area (Å²) in [6.45, 7) is 6.71. The van der Waals surface area contributed by atoms with E-state index in [1.165, 1.54) is 25.3 Å². The molecule has 4 rings (SSSR count). The Hall–Kier alpha value is -3.20. The predicted octanol–water partition coefficient (Wildman–Crippen LogP) is 3.51. The van der Waals surface area contributed by atoms with E-state index in [-0.39, 0.29) is 35.3 Å². The fourth-order valence-electron chi connectivity index (χ4n) is 5.33.